The van der Waals surface area contributed by atoms with Crippen LogP contribution in [0.15, 0.2) is 36.4 Å². The maximum absolute atomic E-state index is 13.7. The lowest BCUT2D eigenvalue weighted by molar-refractivity contribution is -0.121. The van der Waals surface area contributed by atoms with Crippen LogP contribution in [0.1, 0.15) is 47.9 Å². The molecule has 0 radical (unpaired) electrons. The summed E-state index contributed by atoms with van der Waals surface area (Å²) < 4.78 is 0. The number of hydrogen-bond acceptors (Lipinski definition) is 3. The molecule has 0 spiro atoms. The number of carbonyl (C=O) groups is 3. The van der Waals surface area contributed by atoms with Crippen LogP contribution in [0.25, 0.3) is 0 Å². The fraction of sp³-hybridized carbons (Fsp3) is 0.400. The quantitative estimate of drug-likeness (QED) is 0.479. The number of hydrogen-bond donors (Lipinski definition) is 0. The summed E-state index contributed by atoms with van der Waals surface area (Å²) in [6.45, 7) is 4.55. The maximum atomic E-state index is 13.7. The summed E-state index contributed by atoms with van der Waals surface area (Å²) in [5.41, 5.74) is 6.10. The van der Waals surface area contributed by atoms with Gasteiger partial charge in [-0.2, -0.15) is 0 Å². The van der Waals surface area contributed by atoms with E-state index in [2.05, 4.69) is 44.0 Å². The molecule has 0 aromatic heterocycles. The monoisotopic (exact) mass is 560 g/mol. The number of benzene rings is 2. The largest absolute Gasteiger partial charge is 0.312 e. The van der Waals surface area contributed by atoms with Crippen molar-refractivity contribution in [2.75, 3.05) is 33.5 Å². The van der Waals surface area contributed by atoms with E-state index in [0.717, 1.165) is 46.5 Å². The first-order valence-corrected chi connectivity index (χ1v) is 13.1. The minimum Gasteiger partial charge on any atom is -0.312 e. The molecular weight excluding hydrogens is 536 g/mol. The molecule has 0 fully saturated rings. The lowest BCUT2D eigenvalue weighted by Gasteiger charge is -2.22. The van der Waals surface area contributed by atoms with Gasteiger partial charge >= 0.3 is 0 Å². The van der Waals surface area contributed by atoms with E-state index in [0.29, 0.717) is 23.7 Å². The summed E-state index contributed by atoms with van der Waals surface area (Å²) >= 11 is 7.14. The summed E-state index contributed by atoms with van der Waals surface area (Å²) in [7, 11) is 0. The van der Waals surface area contributed by atoms with Crippen LogP contribution in [0.4, 0.5) is 11.4 Å². The Morgan fingerprint density at radius 1 is 0.781 bits per heavy atom. The number of fused-ring (bicyclic) bond motifs is 2. The molecule has 0 N–H and O–H groups in total. The molecule has 2 aromatic rings. The Morgan fingerprint density at radius 2 is 1.19 bits per heavy atom. The Kier molecular flexibility index (Phi) is 6.86. The highest BCUT2D eigenvalue weighted by molar-refractivity contribution is 9.09. The van der Waals surface area contributed by atoms with Crippen molar-refractivity contribution in [2.45, 2.75) is 38.5 Å². The predicted octanol–water partition coefficient (Wildman–Crippen LogP) is 4.73. The van der Waals surface area contributed by atoms with Crippen LogP contribution in [0.5, 0.6) is 0 Å². The molecule has 2 aliphatic rings. The smallest absolute Gasteiger partial charge is 0.223 e. The fourth-order valence-corrected chi connectivity index (χ4v) is 6.22. The minimum absolute atomic E-state index is 0.0453. The zero-order chi connectivity index (χ0) is 23.0. The predicted molar refractivity (Wildman–Crippen MR) is 134 cm³/mol. The second-order valence-electron chi connectivity index (χ2n) is 8.43. The van der Waals surface area contributed by atoms with E-state index in [-0.39, 0.29) is 29.4 Å². The van der Waals surface area contributed by atoms with E-state index in [1.165, 1.54) is 0 Å². The highest BCUT2D eigenvalue weighted by Crippen LogP contribution is 2.36. The zero-order valence-electron chi connectivity index (χ0n) is 18.2. The van der Waals surface area contributed by atoms with Gasteiger partial charge in [-0.25, -0.2) is 0 Å². The SMILES string of the molecule is CC(=O)N1CCc2cc(C(CBr)C(=O)C(CBr)c3ccc4c(c3)CCN4C(C)=O)ccc21. The molecule has 32 heavy (non-hydrogen) atoms. The summed E-state index contributed by atoms with van der Waals surface area (Å²) in [6, 6.07) is 12.1. The number of rotatable bonds is 6. The van der Waals surface area contributed by atoms with Crippen molar-refractivity contribution in [3.05, 3.63) is 58.7 Å². The van der Waals surface area contributed by atoms with Crippen molar-refractivity contribution in [1.82, 2.24) is 0 Å². The summed E-state index contributed by atoms with van der Waals surface area (Å²) in [5.74, 6) is -0.318. The standard InChI is InChI=1S/C25H26Br2N2O3/c1-15(30)28-9-7-19-11-17(3-5-23(19)28)21(13-26)25(32)22(14-27)18-4-6-24-20(12-18)8-10-29(24)16(2)31/h3-6,11-12,21-22H,7-10,13-14H2,1-2H3. The lowest BCUT2D eigenvalue weighted by Crippen LogP contribution is -2.26. The van der Waals surface area contributed by atoms with Crippen LogP contribution >= 0.6 is 31.9 Å². The van der Waals surface area contributed by atoms with Crippen LogP contribution in [-0.2, 0) is 27.2 Å². The summed E-state index contributed by atoms with van der Waals surface area (Å²) in [6.07, 6.45) is 1.62. The van der Waals surface area contributed by atoms with Gasteiger partial charge in [-0.1, -0.05) is 56.1 Å². The van der Waals surface area contributed by atoms with Gasteiger partial charge < -0.3 is 9.80 Å². The maximum Gasteiger partial charge on any atom is 0.223 e. The molecule has 0 saturated heterocycles. The van der Waals surface area contributed by atoms with Crippen LogP contribution in [0, 0.1) is 0 Å². The normalized spacial score (nSPS) is 16.5. The average Bonchev–Trinajstić information content (AvgIpc) is 3.38. The van der Waals surface area contributed by atoms with Crippen LogP contribution in [-0.4, -0.2) is 41.3 Å². The molecule has 7 heteroatoms. The molecule has 0 aliphatic carbocycles. The number of Topliss-reactive ketones (excluding diaryl/α,β-unsaturated/α-hetero) is 1. The van der Waals surface area contributed by atoms with Crippen molar-refractivity contribution in [1.29, 1.82) is 0 Å². The fourth-order valence-electron chi connectivity index (χ4n) is 4.83. The van der Waals surface area contributed by atoms with Gasteiger partial charge in [0.1, 0.15) is 5.78 Å². The molecule has 0 bridgehead atoms. The first kappa shape index (κ1) is 23.2. The molecular formula is C25H26Br2N2O3. The van der Waals surface area contributed by atoms with E-state index in [1.807, 2.05) is 24.3 Å². The first-order valence-electron chi connectivity index (χ1n) is 10.8. The van der Waals surface area contributed by atoms with Crippen molar-refractivity contribution < 1.29 is 14.4 Å². The first-order chi connectivity index (χ1) is 15.3. The van der Waals surface area contributed by atoms with E-state index in [9.17, 15) is 14.4 Å². The highest BCUT2D eigenvalue weighted by atomic mass is 79.9. The number of ketones is 1. The highest BCUT2D eigenvalue weighted by Gasteiger charge is 2.31. The van der Waals surface area contributed by atoms with Gasteiger partial charge in [0.05, 0.1) is 11.8 Å². The van der Waals surface area contributed by atoms with Crippen LogP contribution < -0.4 is 9.80 Å². The molecule has 2 atom stereocenters. The molecule has 2 aliphatic heterocycles. The van der Waals surface area contributed by atoms with Crippen molar-refractivity contribution in [2.24, 2.45) is 0 Å². The third-order valence-corrected chi connectivity index (χ3v) is 7.85. The van der Waals surface area contributed by atoms with Gasteiger partial charge in [0, 0.05) is 49.0 Å². The number of alkyl halides is 2. The second kappa shape index (κ2) is 9.48. The van der Waals surface area contributed by atoms with Gasteiger partial charge in [-0.05, 0) is 47.2 Å². The summed E-state index contributed by atoms with van der Waals surface area (Å²) in [5, 5.41) is 1.07. The molecule has 2 unspecified atom stereocenters. The lowest BCUT2D eigenvalue weighted by atomic mass is 9.84. The summed E-state index contributed by atoms with van der Waals surface area (Å²) in [4.78, 5) is 41.0. The molecule has 2 amide bonds. The molecule has 2 aromatic carbocycles. The van der Waals surface area contributed by atoms with E-state index < -0.39 is 0 Å². The number of halogens is 2. The molecule has 4 rings (SSSR count). The van der Waals surface area contributed by atoms with Gasteiger partial charge in [0.25, 0.3) is 0 Å². The molecule has 168 valence electrons. The van der Waals surface area contributed by atoms with Crippen LogP contribution in [0.3, 0.4) is 0 Å². The van der Waals surface area contributed by atoms with Gasteiger partial charge in [-0.3, -0.25) is 14.4 Å². The van der Waals surface area contributed by atoms with Crippen molar-refractivity contribution in [3.63, 3.8) is 0 Å². The van der Waals surface area contributed by atoms with E-state index >= 15 is 0 Å². The van der Waals surface area contributed by atoms with Crippen molar-refractivity contribution in [3.8, 4) is 0 Å². The molecule has 5 nitrogen and oxygen atoms in total. The van der Waals surface area contributed by atoms with Gasteiger partial charge in [0.2, 0.25) is 11.8 Å². The third kappa shape index (κ3) is 4.17. The zero-order valence-corrected chi connectivity index (χ0v) is 21.4. The molecule has 0 saturated carbocycles. The van der Waals surface area contributed by atoms with Gasteiger partial charge in [-0.15, -0.1) is 0 Å². The number of nitrogens with zero attached hydrogens (tertiary/aromatic N) is 2. The average molecular weight is 562 g/mol. The van der Waals surface area contributed by atoms with E-state index in [1.54, 1.807) is 23.6 Å². The number of carbonyl (C=O) groups excluding carboxylic acids is 3. The molecule has 2 heterocycles. The number of anilines is 2. The van der Waals surface area contributed by atoms with E-state index in [4.69, 9.17) is 0 Å². The Morgan fingerprint density at radius 3 is 1.53 bits per heavy atom. The second-order valence-corrected chi connectivity index (χ2v) is 9.73. The van der Waals surface area contributed by atoms with Gasteiger partial charge in [0.15, 0.2) is 0 Å². The topological polar surface area (TPSA) is 57.7 Å². The minimum atomic E-state index is -0.281. The Balaban J connectivity index is 1.61. The Labute approximate surface area is 205 Å². The Hall–Kier alpha value is -1.99. The van der Waals surface area contributed by atoms with Crippen LogP contribution in [0.2, 0.25) is 0 Å². The third-order valence-electron chi connectivity index (χ3n) is 6.56. The Bertz CT molecular complexity index is 1000. The van der Waals surface area contributed by atoms with Crippen molar-refractivity contribution >= 4 is 60.8 Å². The number of amides is 2.